The van der Waals surface area contributed by atoms with Crippen molar-refractivity contribution in [1.29, 1.82) is 0 Å². The van der Waals surface area contributed by atoms with Crippen molar-refractivity contribution >= 4 is 11.8 Å². The summed E-state index contributed by atoms with van der Waals surface area (Å²) in [5, 5.41) is 7.03. The number of nitrogens with one attached hydrogen (secondary N) is 1. The van der Waals surface area contributed by atoms with Gasteiger partial charge in [-0.15, -0.1) is 0 Å². The first kappa shape index (κ1) is 24.8. The molecule has 1 aliphatic carbocycles. The lowest BCUT2D eigenvalue weighted by atomic mass is 10.0. The van der Waals surface area contributed by atoms with E-state index in [1.54, 1.807) is 43.4 Å². The number of likely N-dealkylation sites (tertiary alicyclic amines) is 1. The lowest BCUT2D eigenvalue weighted by molar-refractivity contribution is -0.138. The highest BCUT2D eigenvalue weighted by Crippen LogP contribution is 2.41. The molecule has 5 rings (SSSR count). The lowest BCUT2D eigenvalue weighted by Crippen LogP contribution is -2.47. The third-order valence-electron chi connectivity index (χ3n) is 6.76. The molecule has 0 spiro atoms. The summed E-state index contributed by atoms with van der Waals surface area (Å²) >= 11 is 0. The molecule has 37 heavy (non-hydrogen) atoms. The molecule has 0 unspecified atom stereocenters. The first-order chi connectivity index (χ1) is 17.8. The largest absolute Gasteiger partial charge is 0.467 e. The maximum Gasteiger partial charge on any atom is 0.314 e. The topological polar surface area (TPSA) is 102 Å². The monoisotopic (exact) mass is 510 g/mol. The first-order valence-corrected chi connectivity index (χ1v) is 12.2. The van der Waals surface area contributed by atoms with Crippen molar-refractivity contribution in [2.24, 2.45) is 7.05 Å². The molecular formula is C26H28F2N6O3. The van der Waals surface area contributed by atoms with Gasteiger partial charge in [-0.25, -0.2) is 14.1 Å². The van der Waals surface area contributed by atoms with Crippen LogP contribution in [-0.2, 0) is 23.1 Å². The molecule has 0 bridgehead atoms. The third-order valence-corrected chi connectivity index (χ3v) is 6.76. The fourth-order valence-electron chi connectivity index (χ4n) is 4.75. The molecule has 1 saturated heterocycles. The number of rotatable bonds is 8. The van der Waals surface area contributed by atoms with E-state index in [1.807, 2.05) is 6.07 Å². The number of carbonyl (C=O) groups excluding carboxylic acids is 2. The maximum absolute atomic E-state index is 14.8. The van der Waals surface area contributed by atoms with Gasteiger partial charge in [0.25, 0.3) is 0 Å². The number of hydrogen-bond donors (Lipinski definition) is 1. The van der Waals surface area contributed by atoms with E-state index in [9.17, 15) is 18.4 Å². The highest BCUT2D eigenvalue weighted by atomic mass is 19.1. The Labute approximate surface area is 212 Å². The molecule has 11 heteroatoms. The Hall–Kier alpha value is -3.89. The minimum absolute atomic E-state index is 0.138. The van der Waals surface area contributed by atoms with Crippen LogP contribution in [0.2, 0.25) is 0 Å². The van der Waals surface area contributed by atoms with E-state index in [0.29, 0.717) is 16.8 Å². The fraction of sp³-hybridized carbons (Fsp3) is 0.423. The zero-order valence-electron chi connectivity index (χ0n) is 20.6. The molecular weight excluding hydrogens is 482 g/mol. The summed E-state index contributed by atoms with van der Waals surface area (Å²) in [7, 11) is 3.06. The SMILES string of the molecule is COc1nc(CC(=O)N2C[C@H](F)C[C@H]2C(=O)N[C@@H](c2ccccc2)c2ccc(C3CC3)c(F)n2)nn1C. The average Bonchev–Trinajstić information content (AvgIpc) is 3.56. The smallest absolute Gasteiger partial charge is 0.314 e. The Bertz CT molecular complexity index is 1300. The number of aryl methyl sites for hydroxylation is 1. The quantitative estimate of drug-likeness (QED) is 0.468. The van der Waals surface area contributed by atoms with Gasteiger partial charge in [0.1, 0.15) is 12.2 Å². The highest BCUT2D eigenvalue weighted by Gasteiger charge is 2.41. The number of benzene rings is 1. The number of carbonyl (C=O) groups is 2. The van der Waals surface area contributed by atoms with Crippen molar-refractivity contribution in [2.45, 2.75) is 49.9 Å². The number of methoxy groups -OCH3 is 1. The maximum atomic E-state index is 14.8. The van der Waals surface area contributed by atoms with Crippen molar-refractivity contribution in [3.8, 4) is 6.01 Å². The number of halogens is 2. The number of ether oxygens (including phenoxy) is 1. The van der Waals surface area contributed by atoms with Crippen LogP contribution in [-0.4, -0.2) is 62.3 Å². The van der Waals surface area contributed by atoms with E-state index in [2.05, 4.69) is 20.4 Å². The van der Waals surface area contributed by atoms with Crippen LogP contribution in [0.1, 0.15) is 53.9 Å². The van der Waals surface area contributed by atoms with Crippen LogP contribution in [0.25, 0.3) is 0 Å². The van der Waals surface area contributed by atoms with Gasteiger partial charge < -0.3 is 15.0 Å². The molecule has 2 aromatic heterocycles. The van der Waals surface area contributed by atoms with Crippen LogP contribution >= 0.6 is 0 Å². The summed E-state index contributed by atoms with van der Waals surface area (Å²) in [6, 6.07) is 10.9. The molecule has 1 aliphatic heterocycles. The summed E-state index contributed by atoms with van der Waals surface area (Å²) in [4.78, 5) is 36.0. The van der Waals surface area contributed by atoms with Gasteiger partial charge in [-0.3, -0.25) is 9.59 Å². The van der Waals surface area contributed by atoms with E-state index in [1.165, 1.54) is 16.7 Å². The van der Waals surface area contributed by atoms with Crippen LogP contribution in [0.4, 0.5) is 8.78 Å². The highest BCUT2D eigenvalue weighted by molar-refractivity contribution is 5.89. The number of hydrogen-bond acceptors (Lipinski definition) is 6. The van der Waals surface area contributed by atoms with Crippen LogP contribution in [0.3, 0.4) is 0 Å². The second-order valence-corrected chi connectivity index (χ2v) is 9.45. The molecule has 0 radical (unpaired) electrons. The zero-order chi connectivity index (χ0) is 26.1. The van der Waals surface area contributed by atoms with E-state index in [4.69, 9.17) is 4.74 Å². The van der Waals surface area contributed by atoms with Gasteiger partial charge in [-0.05, 0) is 30.4 Å². The van der Waals surface area contributed by atoms with Gasteiger partial charge in [-0.1, -0.05) is 36.4 Å². The zero-order valence-corrected chi connectivity index (χ0v) is 20.6. The van der Waals surface area contributed by atoms with Gasteiger partial charge in [0.2, 0.25) is 17.8 Å². The minimum atomic E-state index is -1.35. The molecule has 3 atom stereocenters. The molecule has 1 saturated carbocycles. The predicted molar refractivity (Wildman–Crippen MR) is 129 cm³/mol. The number of amides is 2. The van der Waals surface area contributed by atoms with Gasteiger partial charge in [0.15, 0.2) is 5.82 Å². The fourth-order valence-corrected chi connectivity index (χ4v) is 4.75. The first-order valence-electron chi connectivity index (χ1n) is 12.2. The molecule has 3 aromatic rings. The Morgan fingerprint density at radius 2 is 1.92 bits per heavy atom. The molecule has 9 nitrogen and oxygen atoms in total. The number of nitrogens with zero attached hydrogens (tertiary/aromatic N) is 5. The Balaban J connectivity index is 1.36. The van der Waals surface area contributed by atoms with Crippen molar-refractivity contribution in [3.63, 3.8) is 0 Å². The number of aromatic nitrogens is 4. The summed E-state index contributed by atoms with van der Waals surface area (Å²) in [6.45, 7) is -0.208. The summed E-state index contributed by atoms with van der Waals surface area (Å²) < 4.78 is 35.7. The summed E-state index contributed by atoms with van der Waals surface area (Å²) in [5.41, 5.74) is 1.60. The third kappa shape index (κ3) is 5.30. The molecule has 2 aliphatic rings. The normalized spacial score (nSPS) is 20.1. The van der Waals surface area contributed by atoms with Crippen molar-refractivity contribution in [1.82, 2.24) is 30.0 Å². The van der Waals surface area contributed by atoms with E-state index in [-0.39, 0.29) is 37.1 Å². The average molecular weight is 511 g/mol. The molecule has 2 fully saturated rings. The van der Waals surface area contributed by atoms with Crippen molar-refractivity contribution in [2.75, 3.05) is 13.7 Å². The van der Waals surface area contributed by atoms with E-state index in [0.717, 1.165) is 12.8 Å². The van der Waals surface area contributed by atoms with Crippen LogP contribution < -0.4 is 10.1 Å². The second kappa shape index (κ2) is 10.2. The molecule has 194 valence electrons. The van der Waals surface area contributed by atoms with Crippen LogP contribution in [0, 0.1) is 5.95 Å². The standard InChI is InChI=1S/C26H28F2N6O3/c1-33-26(37-2)30-21(32-33)13-22(35)34-14-17(27)12-20(34)25(36)31-23(16-6-4-3-5-7-16)19-11-10-18(15-8-9-15)24(28)29-19/h3-7,10-11,15,17,20,23H,8-9,12-14H2,1-2H3,(H,31,36)/t17-,20+,23+/m1/s1. The van der Waals surface area contributed by atoms with Crippen LogP contribution in [0.15, 0.2) is 42.5 Å². The van der Waals surface area contributed by atoms with E-state index >= 15 is 0 Å². The van der Waals surface area contributed by atoms with E-state index < -0.39 is 36.0 Å². The Morgan fingerprint density at radius 1 is 1.16 bits per heavy atom. The lowest BCUT2D eigenvalue weighted by Gasteiger charge is -2.26. The molecule has 1 aromatic carbocycles. The second-order valence-electron chi connectivity index (χ2n) is 9.45. The Kier molecular flexibility index (Phi) is 6.86. The summed E-state index contributed by atoms with van der Waals surface area (Å²) in [6.07, 6.45) is 0.182. The molecule has 1 N–H and O–H groups in total. The Morgan fingerprint density at radius 3 is 2.57 bits per heavy atom. The minimum Gasteiger partial charge on any atom is -0.467 e. The van der Waals surface area contributed by atoms with Crippen LogP contribution in [0.5, 0.6) is 6.01 Å². The molecule has 2 amide bonds. The summed E-state index contributed by atoms with van der Waals surface area (Å²) in [5.74, 6) is -1.15. The van der Waals surface area contributed by atoms with Gasteiger partial charge in [-0.2, -0.15) is 14.5 Å². The van der Waals surface area contributed by atoms with Crippen molar-refractivity contribution < 1.29 is 23.1 Å². The van der Waals surface area contributed by atoms with Gasteiger partial charge in [0, 0.05) is 19.0 Å². The van der Waals surface area contributed by atoms with Gasteiger partial charge >= 0.3 is 6.01 Å². The number of pyridine rings is 1. The molecule has 3 heterocycles. The van der Waals surface area contributed by atoms with Gasteiger partial charge in [0.05, 0.1) is 31.8 Å². The predicted octanol–water partition coefficient (Wildman–Crippen LogP) is 2.62. The van der Waals surface area contributed by atoms with Crippen molar-refractivity contribution in [3.05, 3.63) is 71.1 Å². The number of alkyl halides is 1.